The predicted octanol–water partition coefficient (Wildman–Crippen LogP) is 1.66. The fourth-order valence-electron chi connectivity index (χ4n) is 1.55. The monoisotopic (exact) mass is 205 g/mol. The third kappa shape index (κ3) is 3.88. The Balaban J connectivity index is 1.57. The first-order chi connectivity index (χ1) is 7.34. The van der Waals surface area contributed by atoms with Crippen LogP contribution in [0.5, 0.6) is 0 Å². The van der Waals surface area contributed by atoms with Gasteiger partial charge in [0.15, 0.2) is 0 Å². The number of aromatic nitrogens is 2. The van der Waals surface area contributed by atoms with Crippen LogP contribution in [0.15, 0.2) is 24.4 Å². The summed E-state index contributed by atoms with van der Waals surface area (Å²) < 4.78 is 1.85. The molecule has 0 aliphatic heterocycles. The Bertz CT molecular complexity index is 323. The van der Waals surface area contributed by atoms with Gasteiger partial charge in [-0.2, -0.15) is 5.10 Å². The molecule has 1 heterocycles. The fraction of sp³-hybridized carbons (Fsp3) is 0.583. The maximum Gasteiger partial charge on any atom is 0.0662 e. The van der Waals surface area contributed by atoms with Crippen LogP contribution in [0, 0.1) is 0 Å². The molecule has 1 aliphatic carbocycles. The third-order valence-electron chi connectivity index (χ3n) is 2.58. The van der Waals surface area contributed by atoms with Crippen molar-refractivity contribution in [1.82, 2.24) is 15.1 Å². The number of nitrogens with one attached hydrogen (secondary N) is 1. The zero-order chi connectivity index (χ0) is 10.5. The molecule has 1 N–H and O–H groups in total. The molecule has 0 bridgehead atoms. The zero-order valence-electron chi connectivity index (χ0n) is 9.32. The molecule has 0 unspecified atom stereocenters. The van der Waals surface area contributed by atoms with Crippen LogP contribution in [-0.2, 0) is 13.5 Å². The second-order valence-electron chi connectivity index (χ2n) is 4.17. The molecular weight excluding hydrogens is 186 g/mol. The van der Waals surface area contributed by atoms with E-state index in [4.69, 9.17) is 0 Å². The SMILES string of the molecule is Cn1ccc(C/C=C/CCNC2CC2)n1. The molecule has 0 aromatic carbocycles. The largest absolute Gasteiger partial charge is 0.314 e. The van der Waals surface area contributed by atoms with Crippen LogP contribution in [-0.4, -0.2) is 22.4 Å². The maximum atomic E-state index is 4.32. The van der Waals surface area contributed by atoms with Crippen LogP contribution in [0.1, 0.15) is 25.0 Å². The lowest BCUT2D eigenvalue weighted by Gasteiger charge is -1.97. The second kappa shape index (κ2) is 5.12. The van der Waals surface area contributed by atoms with E-state index in [9.17, 15) is 0 Å². The predicted molar refractivity (Wildman–Crippen MR) is 61.7 cm³/mol. The van der Waals surface area contributed by atoms with Gasteiger partial charge in [-0.1, -0.05) is 12.2 Å². The van der Waals surface area contributed by atoms with Crippen molar-refractivity contribution >= 4 is 0 Å². The van der Waals surface area contributed by atoms with Crippen LogP contribution < -0.4 is 5.32 Å². The van der Waals surface area contributed by atoms with Crippen molar-refractivity contribution in [2.45, 2.75) is 31.7 Å². The van der Waals surface area contributed by atoms with Crippen LogP contribution in [0.3, 0.4) is 0 Å². The Morgan fingerprint density at radius 2 is 2.40 bits per heavy atom. The third-order valence-corrected chi connectivity index (χ3v) is 2.58. The summed E-state index contributed by atoms with van der Waals surface area (Å²) >= 11 is 0. The smallest absolute Gasteiger partial charge is 0.0662 e. The van der Waals surface area contributed by atoms with E-state index in [1.807, 2.05) is 17.9 Å². The summed E-state index contributed by atoms with van der Waals surface area (Å²) in [7, 11) is 1.95. The lowest BCUT2D eigenvalue weighted by atomic mass is 10.2. The number of rotatable bonds is 6. The summed E-state index contributed by atoms with van der Waals surface area (Å²) in [6, 6.07) is 2.89. The Morgan fingerprint density at radius 3 is 3.07 bits per heavy atom. The van der Waals surface area contributed by atoms with Crippen molar-refractivity contribution in [3.8, 4) is 0 Å². The van der Waals surface area contributed by atoms with E-state index in [-0.39, 0.29) is 0 Å². The first kappa shape index (κ1) is 10.4. The van der Waals surface area contributed by atoms with Crippen molar-refractivity contribution in [3.05, 3.63) is 30.1 Å². The Kier molecular flexibility index (Phi) is 3.56. The first-order valence-corrected chi connectivity index (χ1v) is 5.71. The van der Waals surface area contributed by atoms with Gasteiger partial charge in [0, 0.05) is 25.7 Å². The lowest BCUT2D eigenvalue weighted by Crippen LogP contribution is -2.16. The molecule has 0 amide bonds. The standard InChI is InChI=1S/C12H19N3/c1-15-10-8-12(14-15)5-3-2-4-9-13-11-6-7-11/h2-3,8,10-11,13H,4-7,9H2,1H3/b3-2+. The number of hydrogen-bond donors (Lipinski definition) is 1. The first-order valence-electron chi connectivity index (χ1n) is 5.71. The topological polar surface area (TPSA) is 29.9 Å². The molecule has 15 heavy (non-hydrogen) atoms. The van der Waals surface area contributed by atoms with Crippen molar-refractivity contribution in [1.29, 1.82) is 0 Å². The molecule has 1 fully saturated rings. The Labute approximate surface area is 91.2 Å². The molecular formula is C12H19N3. The quantitative estimate of drug-likeness (QED) is 0.565. The van der Waals surface area contributed by atoms with Gasteiger partial charge in [0.25, 0.3) is 0 Å². The number of hydrogen-bond acceptors (Lipinski definition) is 2. The summed E-state index contributed by atoms with van der Waals surface area (Å²) in [5, 5.41) is 7.80. The fourth-order valence-corrected chi connectivity index (χ4v) is 1.55. The molecule has 1 saturated carbocycles. The highest BCUT2D eigenvalue weighted by Crippen LogP contribution is 2.18. The van der Waals surface area contributed by atoms with E-state index >= 15 is 0 Å². The molecule has 0 spiro atoms. The highest BCUT2D eigenvalue weighted by atomic mass is 15.2. The molecule has 3 heteroatoms. The van der Waals surface area contributed by atoms with E-state index in [0.717, 1.165) is 31.1 Å². The molecule has 3 nitrogen and oxygen atoms in total. The summed E-state index contributed by atoms with van der Waals surface area (Å²) in [6.45, 7) is 1.11. The van der Waals surface area contributed by atoms with E-state index in [0.29, 0.717) is 0 Å². The number of aryl methyl sites for hydroxylation is 1. The van der Waals surface area contributed by atoms with Gasteiger partial charge in [0.1, 0.15) is 0 Å². The van der Waals surface area contributed by atoms with Crippen LogP contribution in [0.2, 0.25) is 0 Å². The molecule has 2 rings (SSSR count). The maximum absolute atomic E-state index is 4.32. The molecule has 0 radical (unpaired) electrons. The van der Waals surface area contributed by atoms with E-state index in [1.165, 1.54) is 12.8 Å². The van der Waals surface area contributed by atoms with Gasteiger partial charge in [-0.25, -0.2) is 0 Å². The summed E-state index contributed by atoms with van der Waals surface area (Å²) in [4.78, 5) is 0. The molecule has 0 atom stereocenters. The van der Waals surface area contributed by atoms with E-state index in [2.05, 4.69) is 28.6 Å². The highest BCUT2D eigenvalue weighted by molar-refractivity contribution is 5.04. The van der Waals surface area contributed by atoms with Crippen LogP contribution in [0.4, 0.5) is 0 Å². The molecule has 0 saturated heterocycles. The lowest BCUT2D eigenvalue weighted by molar-refractivity contribution is 0.689. The van der Waals surface area contributed by atoms with Crippen molar-refractivity contribution in [2.24, 2.45) is 7.05 Å². The van der Waals surface area contributed by atoms with Gasteiger partial charge in [-0.3, -0.25) is 4.68 Å². The summed E-state index contributed by atoms with van der Waals surface area (Å²) in [5.74, 6) is 0. The van der Waals surface area contributed by atoms with Crippen molar-refractivity contribution in [3.63, 3.8) is 0 Å². The molecule has 82 valence electrons. The normalized spacial score (nSPS) is 16.3. The van der Waals surface area contributed by atoms with Gasteiger partial charge in [-0.05, 0) is 31.9 Å². The van der Waals surface area contributed by atoms with Crippen LogP contribution in [0.25, 0.3) is 0 Å². The van der Waals surface area contributed by atoms with Gasteiger partial charge in [0.05, 0.1) is 5.69 Å². The van der Waals surface area contributed by atoms with Gasteiger partial charge in [0.2, 0.25) is 0 Å². The highest BCUT2D eigenvalue weighted by Gasteiger charge is 2.19. The summed E-state index contributed by atoms with van der Waals surface area (Å²) in [6.07, 6.45) is 11.3. The molecule has 1 aliphatic rings. The molecule has 1 aromatic rings. The van der Waals surface area contributed by atoms with Crippen molar-refractivity contribution in [2.75, 3.05) is 6.54 Å². The van der Waals surface area contributed by atoms with Crippen LogP contribution >= 0.6 is 0 Å². The van der Waals surface area contributed by atoms with Gasteiger partial charge < -0.3 is 5.32 Å². The average molecular weight is 205 g/mol. The van der Waals surface area contributed by atoms with Crippen molar-refractivity contribution < 1.29 is 0 Å². The zero-order valence-corrected chi connectivity index (χ0v) is 9.32. The van der Waals surface area contributed by atoms with Gasteiger partial charge >= 0.3 is 0 Å². The number of nitrogens with zero attached hydrogens (tertiary/aromatic N) is 2. The van der Waals surface area contributed by atoms with E-state index < -0.39 is 0 Å². The summed E-state index contributed by atoms with van der Waals surface area (Å²) in [5.41, 5.74) is 1.14. The molecule has 1 aromatic heterocycles. The minimum absolute atomic E-state index is 0.828. The second-order valence-corrected chi connectivity index (χ2v) is 4.17. The Morgan fingerprint density at radius 1 is 1.53 bits per heavy atom. The van der Waals surface area contributed by atoms with E-state index in [1.54, 1.807) is 0 Å². The van der Waals surface area contributed by atoms with Gasteiger partial charge in [-0.15, -0.1) is 0 Å². The number of allylic oxidation sites excluding steroid dienone is 1. The minimum atomic E-state index is 0.828. The minimum Gasteiger partial charge on any atom is -0.314 e. The Hall–Kier alpha value is -1.09. The average Bonchev–Trinajstić information content (AvgIpc) is 2.95.